The quantitative estimate of drug-likeness (QED) is 0.844. The number of hydrogen-bond donors (Lipinski definition) is 1. The third-order valence-corrected chi connectivity index (χ3v) is 5.06. The highest BCUT2D eigenvalue weighted by molar-refractivity contribution is 7.13. The number of likely N-dealkylation sites (tertiary alicyclic amines) is 1. The fraction of sp³-hybridized carbons (Fsp3) is 0.625. The molecule has 0 spiro atoms. The highest BCUT2D eigenvalue weighted by Crippen LogP contribution is 2.26. The zero-order chi connectivity index (χ0) is 16.1. The topological polar surface area (TPSA) is 58.6 Å². The van der Waals surface area contributed by atoms with Crippen LogP contribution in [-0.4, -0.2) is 49.6 Å². The molecular weight excluding hydrogens is 300 g/mol. The first-order valence-electron chi connectivity index (χ1n) is 7.67. The number of thiophene rings is 1. The van der Waals surface area contributed by atoms with Crippen LogP contribution in [0.4, 0.5) is 0 Å². The van der Waals surface area contributed by atoms with E-state index in [2.05, 4.69) is 12.2 Å². The molecule has 6 heteroatoms. The molecule has 1 aliphatic rings. The van der Waals surface area contributed by atoms with Crippen LogP contribution < -0.4 is 5.32 Å². The number of rotatable bonds is 5. The number of methoxy groups -OCH3 is 1. The molecule has 122 valence electrons. The molecule has 0 bridgehead atoms. The SMILES string of the molecule is COCCNC(=O)[C@@H]1CC[C@H](C)N(C(=O)c2ccc(C)s2)C1. The van der Waals surface area contributed by atoms with Crippen molar-refractivity contribution in [1.29, 1.82) is 0 Å². The summed E-state index contributed by atoms with van der Waals surface area (Å²) in [5.74, 6) is -0.0674. The normalized spacial score (nSPS) is 21.7. The predicted molar refractivity (Wildman–Crippen MR) is 87.2 cm³/mol. The summed E-state index contributed by atoms with van der Waals surface area (Å²) in [5.41, 5.74) is 0. The fourth-order valence-electron chi connectivity index (χ4n) is 2.72. The van der Waals surface area contributed by atoms with E-state index in [1.54, 1.807) is 7.11 Å². The molecule has 1 saturated heterocycles. The van der Waals surface area contributed by atoms with Crippen LogP contribution in [-0.2, 0) is 9.53 Å². The van der Waals surface area contributed by atoms with Gasteiger partial charge >= 0.3 is 0 Å². The van der Waals surface area contributed by atoms with E-state index in [1.165, 1.54) is 11.3 Å². The zero-order valence-electron chi connectivity index (χ0n) is 13.4. The molecule has 1 N–H and O–H groups in total. The first kappa shape index (κ1) is 17.0. The molecule has 5 nitrogen and oxygen atoms in total. The highest BCUT2D eigenvalue weighted by Gasteiger charge is 2.33. The third kappa shape index (κ3) is 4.08. The van der Waals surface area contributed by atoms with Gasteiger partial charge in [-0.3, -0.25) is 9.59 Å². The molecule has 22 heavy (non-hydrogen) atoms. The van der Waals surface area contributed by atoms with Gasteiger partial charge < -0.3 is 15.0 Å². The number of nitrogens with zero attached hydrogens (tertiary/aromatic N) is 1. The van der Waals surface area contributed by atoms with Gasteiger partial charge in [0.2, 0.25) is 5.91 Å². The maximum Gasteiger partial charge on any atom is 0.264 e. The molecule has 2 amide bonds. The molecule has 1 aromatic heterocycles. The second-order valence-electron chi connectivity index (χ2n) is 5.77. The molecule has 1 aliphatic heterocycles. The first-order valence-corrected chi connectivity index (χ1v) is 8.48. The predicted octanol–water partition coefficient (Wildman–Crippen LogP) is 2.06. The summed E-state index contributed by atoms with van der Waals surface area (Å²) in [6.07, 6.45) is 1.69. The van der Waals surface area contributed by atoms with E-state index in [-0.39, 0.29) is 23.8 Å². The van der Waals surface area contributed by atoms with Crippen molar-refractivity contribution in [3.63, 3.8) is 0 Å². The molecule has 2 atom stereocenters. The third-order valence-electron chi connectivity index (χ3n) is 4.07. The average Bonchev–Trinajstić information content (AvgIpc) is 2.93. The highest BCUT2D eigenvalue weighted by atomic mass is 32.1. The lowest BCUT2D eigenvalue weighted by Gasteiger charge is -2.37. The molecule has 0 aromatic carbocycles. The van der Waals surface area contributed by atoms with Crippen molar-refractivity contribution in [2.24, 2.45) is 5.92 Å². The molecule has 2 rings (SSSR count). The van der Waals surface area contributed by atoms with Gasteiger partial charge in [0, 0.05) is 31.1 Å². The Morgan fingerprint density at radius 2 is 2.18 bits per heavy atom. The van der Waals surface area contributed by atoms with Gasteiger partial charge in [-0.1, -0.05) is 0 Å². The minimum absolute atomic E-state index is 0.0177. The Balaban J connectivity index is 1.98. The van der Waals surface area contributed by atoms with Crippen LogP contribution in [0.2, 0.25) is 0 Å². The number of carbonyl (C=O) groups is 2. The van der Waals surface area contributed by atoms with Crippen LogP contribution in [0.25, 0.3) is 0 Å². The Kier molecular flexibility index (Phi) is 5.97. The Hall–Kier alpha value is -1.40. The van der Waals surface area contributed by atoms with Crippen molar-refractivity contribution in [2.45, 2.75) is 32.7 Å². The number of nitrogens with one attached hydrogen (secondary N) is 1. The van der Waals surface area contributed by atoms with Gasteiger partial charge in [0.25, 0.3) is 5.91 Å². The van der Waals surface area contributed by atoms with E-state index in [9.17, 15) is 9.59 Å². The van der Waals surface area contributed by atoms with Crippen LogP contribution in [0, 0.1) is 12.8 Å². The summed E-state index contributed by atoms with van der Waals surface area (Å²) < 4.78 is 4.94. The van der Waals surface area contributed by atoms with Gasteiger partial charge in [-0.15, -0.1) is 11.3 Å². The standard InChI is InChI=1S/C16H24N2O3S/c1-11-4-6-13(15(19)17-8-9-21-3)10-18(11)16(20)14-7-5-12(2)22-14/h5,7,11,13H,4,6,8-10H2,1-3H3,(H,17,19)/t11-,13+/m0/s1. The maximum atomic E-state index is 12.6. The van der Waals surface area contributed by atoms with Crippen LogP contribution in [0.1, 0.15) is 34.3 Å². The number of amides is 2. The summed E-state index contributed by atoms with van der Waals surface area (Å²) in [6, 6.07) is 4.01. The Labute approximate surface area is 135 Å². The number of piperidine rings is 1. The largest absolute Gasteiger partial charge is 0.383 e. The van der Waals surface area contributed by atoms with Gasteiger partial charge in [-0.05, 0) is 38.8 Å². The molecular formula is C16H24N2O3S. The summed E-state index contributed by atoms with van der Waals surface area (Å²) in [7, 11) is 1.61. The van der Waals surface area contributed by atoms with Gasteiger partial charge in [0.15, 0.2) is 0 Å². The Morgan fingerprint density at radius 3 is 2.82 bits per heavy atom. The van der Waals surface area contributed by atoms with Gasteiger partial charge in [-0.25, -0.2) is 0 Å². The van der Waals surface area contributed by atoms with E-state index in [1.807, 2.05) is 24.0 Å². The maximum absolute atomic E-state index is 12.6. The average molecular weight is 324 g/mol. The first-order chi connectivity index (χ1) is 10.5. The zero-order valence-corrected chi connectivity index (χ0v) is 14.2. The Bertz CT molecular complexity index is 529. The van der Waals surface area contributed by atoms with E-state index < -0.39 is 0 Å². The van der Waals surface area contributed by atoms with E-state index >= 15 is 0 Å². The lowest BCUT2D eigenvalue weighted by atomic mass is 9.92. The second-order valence-corrected chi connectivity index (χ2v) is 7.06. The lowest BCUT2D eigenvalue weighted by molar-refractivity contribution is -0.126. The fourth-order valence-corrected chi connectivity index (χ4v) is 3.54. The van der Waals surface area contributed by atoms with Crippen molar-refractivity contribution < 1.29 is 14.3 Å². The van der Waals surface area contributed by atoms with Crippen molar-refractivity contribution in [3.8, 4) is 0 Å². The minimum atomic E-state index is -0.127. The molecule has 1 fully saturated rings. The smallest absolute Gasteiger partial charge is 0.264 e. The number of carbonyl (C=O) groups excluding carboxylic acids is 2. The molecule has 0 radical (unpaired) electrons. The monoisotopic (exact) mass is 324 g/mol. The van der Waals surface area contributed by atoms with Crippen molar-refractivity contribution in [3.05, 3.63) is 21.9 Å². The lowest BCUT2D eigenvalue weighted by Crippen LogP contribution is -2.49. The summed E-state index contributed by atoms with van der Waals surface area (Å²) in [6.45, 7) is 5.56. The Morgan fingerprint density at radius 1 is 1.41 bits per heavy atom. The van der Waals surface area contributed by atoms with Gasteiger partial charge in [0.1, 0.15) is 0 Å². The minimum Gasteiger partial charge on any atom is -0.383 e. The molecule has 0 saturated carbocycles. The van der Waals surface area contributed by atoms with Crippen molar-refractivity contribution in [2.75, 3.05) is 26.8 Å². The van der Waals surface area contributed by atoms with Crippen molar-refractivity contribution in [1.82, 2.24) is 10.2 Å². The number of hydrogen-bond acceptors (Lipinski definition) is 4. The second kappa shape index (κ2) is 7.74. The molecule has 2 heterocycles. The van der Waals surface area contributed by atoms with E-state index in [0.29, 0.717) is 19.7 Å². The van der Waals surface area contributed by atoms with Crippen LogP contribution in [0.3, 0.4) is 0 Å². The number of aryl methyl sites for hydroxylation is 1. The molecule has 0 aliphatic carbocycles. The van der Waals surface area contributed by atoms with E-state index in [4.69, 9.17) is 4.74 Å². The summed E-state index contributed by atoms with van der Waals surface area (Å²) in [5, 5.41) is 2.87. The van der Waals surface area contributed by atoms with Crippen LogP contribution in [0.5, 0.6) is 0 Å². The van der Waals surface area contributed by atoms with E-state index in [0.717, 1.165) is 22.6 Å². The molecule has 0 unspecified atom stereocenters. The van der Waals surface area contributed by atoms with Gasteiger partial charge in [0.05, 0.1) is 17.4 Å². The van der Waals surface area contributed by atoms with Crippen LogP contribution in [0.15, 0.2) is 12.1 Å². The van der Waals surface area contributed by atoms with Gasteiger partial charge in [-0.2, -0.15) is 0 Å². The summed E-state index contributed by atoms with van der Waals surface area (Å²) >= 11 is 1.51. The van der Waals surface area contributed by atoms with Crippen LogP contribution >= 0.6 is 11.3 Å². The summed E-state index contributed by atoms with van der Waals surface area (Å²) in [4.78, 5) is 28.5. The number of ether oxygens (including phenoxy) is 1. The van der Waals surface area contributed by atoms with Crippen molar-refractivity contribution >= 4 is 23.2 Å². The molecule has 1 aromatic rings.